The summed E-state index contributed by atoms with van der Waals surface area (Å²) >= 11 is 0. The molecule has 254 valence electrons. The zero-order chi connectivity index (χ0) is 36.0. The van der Waals surface area contributed by atoms with Gasteiger partial charge >= 0.3 is 0 Å². The van der Waals surface area contributed by atoms with Crippen molar-refractivity contribution in [3.8, 4) is 11.5 Å². The van der Waals surface area contributed by atoms with Crippen molar-refractivity contribution < 1.29 is 10.2 Å². The van der Waals surface area contributed by atoms with E-state index in [1.807, 2.05) is 107 Å². The van der Waals surface area contributed by atoms with Crippen molar-refractivity contribution in [3.05, 3.63) is 111 Å². The van der Waals surface area contributed by atoms with Crippen molar-refractivity contribution in [3.63, 3.8) is 0 Å². The highest BCUT2D eigenvalue weighted by atomic mass is 16.3. The van der Waals surface area contributed by atoms with Gasteiger partial charge < -0.3 is 10.2 Å². The molecule has 0 aliphatic carbocycles. The van der Waals surface area contributed by atoms with Crippen LogP contribution in [0.2, 0.25) is 0 Å². The monoisotopic (exact) mass is 652 g/mol. The minimum Gasteiger partial charge on any atom is -0.507 e. The average molecular weight is 653 g/mol. The zero-order valence-electron chi connectivity index (χ0n) is 30.3. The van der Waals surface area contributed by atoms with Crippen LogP contribution in [0.25, 0.3) is 21.5 Å². The largest absolute Gasteiger partial charge is 0.507 e. The van der Waals surface area contributed by atoms with Gasteiger partial charge in [0.05, 0.1) is 34.6 Å². The summed E-state index contributed by atoms with van der Waals surface area (Å²) in [6.45, 7) is 23.9. The summed E-state index contributed by atoms with van der Waals surface area (Å²) in [7, 11) is 0. The third kappa shape index (κ3) is 5.90. The normalized spacial score (nSPS) is 13.2. The maximum absolute atomic E-state index is 13.7. The zero-order valence-corrected chi connectivity index (χ0v) is 30.3. The Labute approximate surface area is 281 Å². The van der Waals surface area contributed by atoms with E-state index in [1.54, 1.807) is 0 Å². The predicted molar refractivity (Wildman–Crippen MR) is 194 cm³/mol. The molecule has 0 bridgehead atoms. The Morgan fingerprint density at radius 1 is 0.417 bits per heavy atom. The van der Waals surface area contributed by atoms with E-state index in [2.05, 4.69) is 0 Å². The van der Waals surface area contributed by atoms with Crippen LogP contribution in [-0.4, -0.2) is 19.3 Å². The number of rotatable bonds is 4. The fourth-order valence-electron chi connectivity index (χ4n) is 6.58. The average Bonchev–Trinajstić information content (AvgIpc) is 3.30. The lowest BCUT2D eigenvalue weighted by atomic mass is 9.78. The molecule has 0 radical (unpaired) electrons. The molecule has 2 heterocycles. The molecule has 0 unspecified atom stereocenters. The van der Waals surface area contributed by atoms with Gasteiger partial charge in [0.25, 0.3) is 22.2 Å². The second-order valence-electron chi connectivity index (χ2n) is 17.4. The van der Waals surface area contributed by atoms with Gasteiger partial charge in [0.2, 0.25) is 0 Å². The fraction of sp³-hybridized carbons (Fsp3) is 0.450. The standard InChI is InChI=1S/C40H48N2O6/c1-37(2,3)27-13-21(14-28(31(27)43)38(4,5)6)19-41-33(45)23-17-25-26(18-24(23)34(41)46)36(48)42(35(25)47)20-22-15-29(39(7,8)9)32(44)30(16-22)40(10,11)12/h13-18,43-44H,19-20H2,1-12H3. The van der Waals surface area contributed by atoms with Gasteiger partial charge in [-0.15, -0.1) is 0 Å². The number of hydrogen-bond donors (Lipinski definition) is 2. The van der Waals surface area contributed by atoms with Crippen LogP contribution in [-0.2, 0) is 34.7 Å². The van der Waals surface area contributed by atoms with Gasteiger partial charge in [-0.2, -0.15) is 0 Å². The molecule has 2 aromatic heterocycles. The van der Waals surface area contributed by atoms with Crippen LogP contribution in [0.5, 0.6) is 11.5 Å². The Morgan fingerprint density at radius 3 is 0.812 bits per heavy atom. The molecule has 0 saturated heterocycles. The maximum atomic E-state index is 13.7. The second-order valence-corrected chi connectivity index (χ2v) is 17.4. The van der Waals surface area contributed by atoms with E-state index in [0.29, 0.717) is 11.1 Å². The van der Waals surface area contributed by atoms with Crippen LogP contribution in [0.4, 0.5) is 0 Å². The van der Waals surface area contributed by atoms with Crippen molar-refractivity contribution in [1.82, 2.24) is 9.13 Å². The molecular weight excluding hydrogens is 604 g/mol. The number of hydrogen-bond acceptors (Lipinski definition) is 6. The van der Waals surface area contributed by atoms with Crippen molar-refractivity contribution in [2.75, 3.05) is 0 Å². The summed E-state index contributed by atoms with van der Waals surface area (Å²) in [5.41, 5.74) is 0.540. The molecule has 8 heteroatoms. The molecule has 48 heavy (non-hydrogen) atoms. The third-order valence-electron chi connectivity index (χ3n) is 9.31. The number of benzene rings is 3. The van der Waals surface area contributed by atoms with E-state index in [1.165, 1.54) is 12.1 Å². The molecule has 5 aromatic rings. The molecule has 2 N–H and O–H groups in total. The summed E-state index contributed by atoms with van der Waals surface area (Å²) in [5.74, 6) is 0.409. The van der Waals surface area contributed by atoms with Crippen molar-refractivity contribution in [2.45, 2.75) is 118 Å². The molecule has 0 spiro atoms. The first-order valence-corrected chi connectivity index (χ1v) is 16.5. The highest BCUT2D eigenvalue weighted by Gasteiger charge is 2.29. The van der Waals surface area contributed by atoms with Gasteiger partial charge in [0.15, 0.2) is 0 Å². The van der Waals surface area contributed by atoms with Crippen molar-refractivity contribution >= 4 is 21.5 Å². The Kier molecular flexibility index (Phi) is 8.02. The first kappa shape index (κ1) is 34.9. The van der Waals surface area contributed by atoms with Crippen molar-refractivity contribution in [1.29, 1.82) is 0 Å². The van der Waals surface area contributed by atoms with Crippen molar-refractivity contribution in [2.24, 2.45) is 0 Å². The van der Waals surface area contributed by atoms with Gasteiger partial charge in [-0.25, -0.2) is 0 Å². The number of nitrogens with zero attached hydrogens (tertiary/aromatic N) is 2. The molecule has 0 aliphatic heterocycles. The van der Waals surface area contributed by atoms with Gasteiger partial charge in [0.1, 0.15) is 11.5 Å². The van der Waals surface area contributed by atoms with Gasteiger partial charge in [0, 0.05) is 0 Å². The molecule has 0 saturated carbocycles. The van der Waals surface area contributed by atoms with Gasteiger partial charge in [-0.1, -0.05) is 83.1 Å². The lowest BCUT2D eigenvalue weighted by molar-refractivity contribution is 0.421. The van der Waals surface area contributed by atoms with E-state index in [-0.39, 0.29) is 46.1 Å². The minimum absolute atomic E-state index is 0.0233. The second kappa shape index (κ2) is 11.0. The van der Waals surface area contributed by atoms with E-state index in [0.717, 1.165) is 31.4 Å². The lowest BCUT2D eigenvalue weighted by Crippen LogP contribution is -2.27. The summed E-state index contributed by atoms with van der Waals surface area (Å²) in [5, 5.41) is 22.6. The Hall–Kier alpha value is -4.46. The summed E-state index contributed by atoms with van der Waals surface area (Å²) in [4.78, 5) is 54.9. The van der Waals surface area contributed by atoms with Gasteiger partial charge in [-0.05, 0) is 91.4 Å². The Balaban J connectivity index is 1.64. The van der Waals surface area contributed by atoms with Crippen LogP contribution >= 0.6 is 0 Å². The van der Waals surface area contributed by atoms with E-state index < -0.39 is 43.9 Å². The van der Waals surface area contributed by atoms with Crippen LogP contribution in [0.15, 0.2) is 55.6 Å². The summed E-state index contributed by atoms with van der Waals surface area (Å²) in [6.07, 6.45) is 0. The first-order valence-electron chi connectivity index (χ1n) is 16.5. The smallest absolute Gasteiger partial charge is 0.261 e. The third-order valence-corrected chi connectivity index (χ3v) is 9.31. The molecule has 3 aromatic carbocycles. The maximum Gasteiger partial charge on any atom is 0.261 e. The quantitative estimate of drug-likeness (QED) is 0.226. The fourth-order valence-corrected chi connectivity index (χ4v) is 6.58. The Bertz CT molecular complexity index is 2010. The van der Waals surface area contributed by atoms with E-state index >= 15 is 0 Å². The van der Waals surface area contributed by atoms with Crippen LogP contribution in [0.1, 0.15) is 116 Å². The van der Waals surface area contributed by atoms with Crippen LogP contribution < -0.4 is 22.2 Å². The van der Waals surface area contributed by atoms with Crippen LogP contribution in [0.3, 0.4) is 0 Å². The molecule has 0 amide bonds. The molecule has 0 fully saturated rings. The summed E-state index contributed by atoms with van der Waals surface area (Å²) < 4.78 is 2.27. The highest BCUT2D eigenvalue weighted by molar-refractivity contribution is 5.97. The number of aromatic nitrogens is 2. The first-order chi connectivity index (χ1) is 21.8. The molecule has 0 atom stereocenters. The lowest BCUT2D eigenvalue weighted by Gasteiger charge is -2.28. The summed E-state index contributed by atoms with van der Waals surface area (Å²) in [6, 6.07) is 10.1. The number of phenolic OH excluding ortho intramolecular Hbond substituents is 2. The molecule has 8 nitrogen and oxygen atoms in total. The minimum atomic E-state index is -0.539. The highest BCUT2D eigenvalue weighted by Crippen LogP contribution is 2.41. The number of phenols is 2. The van der Waals surface area contributed by atoms with Crippen LogP contribution in [0, 0.1) is 0 Å². The molecule has 5 rings (SSSR count). The molecule has 0 aliphatic rings. The Morgan fingerprint density at radius 2 is 0.625 bits per heavy atom. The van der Waals surface area contributed by atoms with E-state index in [4.69, 9.17) is 0 Å². The molecular formula is C40H48N2O6. The topological polar surface area (TPSA) is 119 Å². The van der Waals surface area contributed by atoms with E-state index in [9.17, 15) is 29.4 Å². The predicted octanol–water partition coefficient (Wildman–Crippen LogP) is 6.61. The van der Waals surface area contributed by atoms with Gasteiger partial charge in [-0.3, -0.25) is 28.3 Å². The number of fused-ring (bicyclic) bond motifs is 2. The number of aromatic hydroxyl groups is 2. The SMILES string of the molecule is CC(C)(C)c1cc(Cn2c(=O)c3cc4c(=O)n(Cc5cc(C(C)(C)C)c(O)c(C(C)(C)C)c5)c(=O)c4cc3c2=O)cc(C(C)(C)C)c1O.